The van der Waals surface area contributed by atoms with Gasteiger partial charge < -0.3 is 19.2 Å². The summed E-state index contributed by atoms with van der Waals surface area (Å²) in [6, 6.07) is 14.8. The van der Waals surface area contributed by atoms with E-state index in [0.29, 0.717) is 24.7 Å². The molecule has 0 aliphatic heterocycles. The average molecular weight is 545 g/mol. The highest BCUT2D eigenvalue weighted by atomic mass is 16.5. The van der Waals surface area contributed by atoms with Gasteiger partial charge in [-0.2, -0.15) is 0 Å². The van der Waals surface area contributed by atoms with Crippen LogP contribution >= 0.6 is 0 Å². The molecule has 1 amide bonds. The van der Waals surface area contributed by atoms with Gasteiger partial charge >= 0.3 is 0 Å². The molecule has 2 saturated carbocycles. The lowest BCUT2D eigenvalue weighted by molar-refractivity contribution is -0.124. The Bertz CT molecular complexity index is 1280. The van der Waals surface area contributed by atoms with Gasteiger partial charge in [-0.1, -0.05) is 38.1 Å². The molecule has 1 aromatic heterocycles. The highest BCUT2D eigenvalue weighted by Gasteiger charge is 2.32. The van der Waals surface area contributed by atoms with Gasteiger partial charge in [0.2, 0.25) is 5.91 Å². The highest BCUT2D eigenvalue weighted by molar-refractivity contribution is 5.95. The summed E-state index contributed by atoms with van der Waals surface area (Å²) in [5.41, 5.74) is 5.27. The van der Waals surface area contributed by atoms with Crippen LogP contribution in [-0.2, 0) is 4.79 Å². The summed E-state index contributed by atoms with van der Waals surface area (Å²) >= 11 is 0. The van der Waals surface area contributed by atoms with Crippen molar-refractivity contribution in [2.24, 2.45) is 11.8 Å². The first kappa shape index (κ1) is 28.4. The van der Waals surface area contributed by atoms with Crippen molar-refractivity contribution in [1.82, 2.24) is 4.98 Å². The molecule has 2 aromatic carbocycles. The second kappa shape index (κ2) is 12.6. The molecule has 0 spiro atoms. The topological polar surface area (TPSA) is 75.8 Å². The van der Waals surface area contributed by atoms with Crippen molar-refractivity contribution < 1.29 is 19.1 Å². The maximum atomic E-state index is 14.0. The molecular formula is C34H44N2O4. The summed E-state index contributed by atoms with van der Waals surface area (Å²) in [5.74, 6) is 3.04. The molecule has 6 nitrogen and oxygen atoms in total. The number of hydrogen-bond donors (Lipinski definition) is 1. The summed E-state index contributed by atoms with van der Waals surface area (Å²) in [4.78, 5) is 20.7. The molecule has 5 rings (SSSR count). The molecule has 0 atom stereocenters. The van der Waals surface area contributed by atoms with E-state index in [0.717, 1.165) is 73.7 Å². The van der Waals surface area contributed by atoms with Crippen LogP contribution in [0.4, 0.5) is 5.69 Å². The minimum absolute atomic E-state index is 0.0368. The SMILES string of the molecule is COc1ccc([C@H]2CC[C@H](CN(c3cccc(-c4coc(C(C)C)n4)c3)C(=O)[C@H]3CC[C@H](O)CC3)CC2)cc1C. The zero-order chi connectivity index (χ0) is 28.2. The minimum Gasteiger partial charge on any atom is -0.496 e. The van der Waals surface area contributed by atoms with E-state index in [4.69, 9.17) is 9.15 Å². The summed E-state index contributed by atoms with van der Waals surface area (Å²) in [6.07, 6.45) is 8.80. The van der Waals surface area contributed by atoms with Gasteiger partial charge in [0.1, 0.15) is 17.7 Å². The molecule has 6 heteroatoms. The Balaban J connectivity index is 1.33. The molecule has 40 heavy (non-hydrogen) atoms. The second-order valence-corrected chi connectivity index (χ2v) is 12.2. The lowest BCUT2D eigenvalue weighted by Gasteiger charge is -2.36. The lowest BCUT2D eigenvalue weighted by Crippen LogP contribution is -2.41. The molecule has 0 bridgehead atoms. The van der Waals surface area contributed by atoms with Crippen molar-refractivity contribution in [2.75, 3.05) is 18.6 Å². The highest BCUT2D eigenvalue weighted by Crippen LogP contribution is 2.39. The Morgan fingerprint density at radius 1 is 1.05 bits per heavy atom. The molecule has 214 valence electrons. The van der Waals surface area contributed by atoms with Gasteiger partial charge in [0.05, 0.1) is 13.2 Å². The fourth-order valence-electron chi connectivity index (χ4n) is 6.48. The number of nitrogens with zero attached hydrogens (tertiary/aromatic N) is 2. The first-order valence-corrected chi connectivity index (χ1v) is 15.0. The summed E-state index contributed by atoms with van der Waals surface area (Å²) in [7, 11) is 1.72. The number of anilines is 1. The second-order valence-electron chi connectivity index (χ2n) is 12.2. The average Bonchev–Trinajstić information content (AvgIpc) is 3.47. The standard InChI is InChI=1S/C34H44N2O4/c1-22(2)33-35-31(21-40-33)28-6-5-7-29(19-28)36(34(38)26-12-15-30(37)16-13-26)20-24-8-10-25(11-9-24)27-14-17-32(39-4)23(3)18-27/h5-7,14,17-19,21-22,24-26,30,37H,8-13,15-16,20H2,1-4H3/t24-,25-,26-,30-. The zero-order valence-corrected chi connectivity index (χ0v) is 24.4. The Morgan fingerprint density at radius 3 is 2.45 bits per heavy atom. The molecule has 2 aliphatic carbocycles. The maximum Gasteiger partial charge on any atom is 0.230 e. The molecule has 2 aliphatic rings. The largest absolute Gasteiger partial charge is 0.496 e. The number of aliphatic hydroxyl groups is 1. The lowest BCUT2D eigenvalue weighted by atomic mass is 9.78. The molecule has 0 unspecified atom stereocenters. The van der Waals surface area contributed by atoms with Crippen LogP contribution in [0.5, 0.6) is 5.75 Å². The number of rotatable bonds is 8. The number of oxazole rings is 1. The summed E-state index contributed by atoms with van der Waals surface area (Å²) in [6.45, 7) is 6.97. The molecule has 0 saturated heterocycles. The van der Waals surface area contributed by atoms with E-state index in [1.807, 2.05) is 23.1 Å². The van der Waals surface area contributed by atoms with E-state index in [9.17, 15) is 9.90 Å². The van der Waals surface area contributed by atoms with Crippen molar-refractivity contribution in [3.05, 3.63) is 65.7 Å². The maximum absolute atomic E-state index is 14.0. The van der Waals surface area contributed by atoms with Crippen LogP contribution in [0.25, 0.3) is 11.3 Å². The van der Waals surface area contributed by atoms with Crippen molar-refractivity contribution in [3.63, 3.8) is 0 Å². The van der Waals surface area contributed by atoms with Crippen molar-refractivity contribution >= 4 is 11.6 Å². The number of methoxy groups -OCH3 is 1. The number of ether oxygens (including phenoxy) is 1. The van der Waals surface area contributed by atoms with E-state index < -0.39 is 0 Å². The predicted octanol–water partition coefficient (Wildman–Crippen LogP) is 7.64. The number of benzene rings is 2. The van der Waals surface area contributed by atoms with Crippen molar-refractivity contribution in [1.29, 1.82) is 0 Å². The predicted molar refractivity (Wildman–Crippen MR) is 159 cm³/mol. The van der Waals surface area contributed by atoms with Crippen LogP contribution in [0, 0.1) is 18.8 Å². The third-order valence-electron chi connectivity index (χ3n) is 8.96. The number of amides is 1. The Morgan fingerprint density at radius 2 is 1.80 bits per heavy atom. The third-order valence-corrected chi connectivity index (χ3v) is 8.96. The Labute approximate surface area is 238 Å². The van der Waals surface area contributed by atoms with Gasteiger partial charge in [-0.15, -0.1) is 0 Å². The van der Waals surface area contributed by atoms with E-state index in [1.165, 1.54) is 11.1 Å². The first-order chi connectivity index (χ1) is 19.3. The van der Waals surface area contributed by atoms with Crippen molar-refractivity contribution in [3.8, 4) is 17.0 Å². The molecule has 3 aromatic rings. The molecular weight excluding hydrogens is 500 g/mol. The van der Waals surface area contributed by atoms with Gasteiger partial charge in [-0.25, -0.2) is 4.98 Å². The number of aryl methyl sites for hydroxylation is 1. The summed E-state index contributed by atoms with van der Waals surface area (Å²) in [5, 5.41) is 10.0. The van der Waals surface area contributed by atoms with Crippen LogP contribution < -0.4 is 9.64 Å². The van der Waals surface area contributed by atoms with Gasteiger partial charge in [0.15, 0.2) is 5.89 Å². The van der Waals surface area contributed by atoms with E-state index >= 15 is 0 Å². The Hall–Kier alpha value is -3.12. The number of carbonyl (C=O) groups excluding carboxylic acids is 1. The monoisotopic (exact) mass is 544 g/mol. The molecule has 1 heterocycles. The quantitative estimate of drug-likeness (QED) is 0.315. The van der Waals surface area contributed by atoms with Crippen molar-refractivity contribution in [2.45, 2.75) is 90.1 Å². The zero-order valence-electron chi connectivity index (χ0n) is 24.4. The number of aromatic nitrogens is 1. The number of carbonyl (C=O) groups is 1. The third kappa shape index (κ3) is 6.43. The van der Waals surface area contributed by atoms with Gasteiger partial charge in [0.25, 0.3) is 0 Å². The van der Waals surface area contributed by atoms with Crippen LogP contribution in [0.3, 0.4) is 0 Å². The van der Waals surface area contributed by atoms with Crippen LogP contribution in [0.1, 0.15) is 94.1 Å². The van der Waals surface area contributed by atoms with E-state index in [1.54, 1.807) is 13.4 Å². The van der Waals surface area contributed by atoms with Crippen LogP contribution in [0.15, 0.2) is 53.1 Å². The van der Waals surface area contributed by atoms with E-state index in [-0.39, 0.29) is 23.8 Å². The molecule has 0 radical (unpaired) electrons. The fourth-order valence-corrected chi connectivity index (χ4v) is 6.48. The smallest absolute Gasteiger partial charge is 0.230 e. The van der Waals surface area contributed by atoms with Gasteiger partial charge in [-0.3, -0.25) is 4.79 Å². The van der Waals surface area contributed by atoms with Gasteiger partial charge in [0, 0.05) is 29.6 Å². The normalized spacial score (nSPS) is 23.2. The first-order valence-electron chi connectivity index (χ1n) is 15.0. The molecule has 2 fully saturated rings. The number of hydrogen-bond acceptors (Lipinski definition) is 5. The summed E-state index contributed by atoms with van der Waals surface area (Å²) < 4.78 is 11.2. The minimum atomic E-state index is -0.278. The van der Waals surface area contributed by atoms with Crippen LogP contribution in [-0.4, -0.2) is 35.8 Å². The number of aliphatic hydroxyl groups excluding tert-OH is 1. The Kier molecular flexibility index (Phi) is 8.94. The molecule has 1 N–H and O–H groups in total. The van der Waals surface area contributed by atoms with Gasteiger partial charge in [-0.05, 0) is 99.5 Å². The van der Waals surface area contributed by atoms with E-state index in [2.05, 4.69) is 50.0 Å². The fraction of sp³-hybridized carbons (Fsp3) is 0.529. The van der Waals surface area contributed by atoms with Crippen LogP contribution in [0.2, 0.25) is 0 Å².